The molecule has 160 valence electrons. The van der Waals surface area contributed by atoms with Crippen molar-refractivity contribution in [3.8, 4) is 11.1 Å². The molecule has 3 aromatic rings. The van der Waals surface area contributed by atoms with Crippen molar-refractivity contribution < 1.29 is 4.79 Å². The van der Waals surface area contributed by atoms with E-state index in [9.17, 15) is 4.79 Å². The molecule has 1 fully saturated rings. The molecule has 3 aromatic carbocycles. The first kappa shape index (κ1) is 21.6. The van der Waals surface area contributed by atoms with E-state index in [2.05, 4.69) is 64.1 Å². The van der Waals surface area contributed by atoms with E-state index >= 15 is 0 Å². The summed E-state index contributed by atoms with van der Waals surface area (Å²) in [7, 11) is 6.12. The van der Waals surface area contributed by atoms with Crippen LogP contribution in [0.15, 0.2) is 77.3 Å². The summed E-state index contributed by atoms with van der Waals surface area (Å²) in [4.78, 5) is 19.4. The molecule has 0 bridgehead atoms. The molecule has 1 heterocycles. The molecule has 0 N–H and O–H groups in total. The topological polar surface area (TPSA) is 26.8 Å². The Morgan fingerprint density at radius 1 is 0.871 bits per heavy atom. The lowest BCUT2D eigenvalue weighted by molar-refractivity contribution is 0.0993. The van der Waals surface area contributed by atoms with Crippen LogP contribution in [-0.4, -0.2) is 51.1 Å². The molecule has 0 spiro atoms. The number of amides is 1. The Kier molecular flexibility index (Phi) is 6.44. The van der Waals surface area contributed by atoms with Crippen molar-refractivity contribution in [1.29, 1.82) is 0 Å². The average Bonchev–Trinajstić information content (AvgIpc) is 3.30. The minimum Gasteiger partial charge on any atom is -0.370 e. The van der Waals surface area contributed by atoms with Gasteiger partial charge in [-0.15, -0.1) is 0 Å². The maximum Gasteiger partial charge on any atom is 0.258 e. The normalized spacial score (nSPS) is 16.0. The van der Waals surface area contributed by atoms with Crippen LogP contribution in [0.2, 0.25) is 0 Å². The fraction of sp³-hybridized carbons (Fsp3) is 0.269. The molecule has 0 radical (unpaired) electrons. The Hall–Kier alpha value is -2.63. The number of anilines is 2. The maximum absolute atomic E-state index is 13.0. The second-order valence-corrected chi connectivity index (χ2v) is 9.23. The van der Waals surface area contributed by atoms with Crippen LogP contribution < -0.4 is 9.80 Å². The summed E-state index contributed by atoms with van der Waals surface area (Å²) in [6, 6.07) is 24.9. The summed E-state index contributed by atoms with van der Waals surface area (Å²) < 4.78 is 1.05. The van der Waals surface area contributed by atoms with E-state index in [4.69, 9.17) is 0 Å². The molecule has 1 aliphatic heterocycles. The monoisotopic (exact) mass is 477 g/mol. The Balaban J connectivity index is 1.43. The predicted octanol–water partition coefficient (Wildman–Crippen LogP) is 5.53. The Morgan fingerprint density at radius 3 is 2.00 bits per heavy atom. The molecule has 4 nitrogen and oxygen atoms in total. The van der Waals surface area contributed by atoms with Gasteiger partial charge >= 0.3 is 0 Å². The number of benzene rings is 3. The largest absolute Gasteiger partial charge is 0.370 e. The van der Waals surface area contributed by atoms with Gasteiger partial charge in [0.1, 0.15) is 0 Å². The molecule has 0 aliphatic carbocycles. The Labute approximate surface area is 193 Å². The molecule has 1 amide bonds. The molecular formula is C26H28BrN3O. The first-order valence-electron chi connectivity index (χ1n) is 10.6. The second-order valence-electron chi connectivity index (χ2n) is 8.32. The molecule has 1 aliphatic rings. The number of carbonyl (C=O) groups is 1. The first-order chi connectivity index (χ1) is 14.9. The van der Waals surface area contributed by atoms with Gasteiger partial charge in [-0.05, 0) is 80.2 Å². The molecule has 5 heteroatoms. The number of halogens is 1. The third-order valence-corrected chi connectivity index (χ3v) is 6.64. The van der Waals surface area contributed by atoms with Gasteiger partial charge in [-0.1, -0.05) is 40.2 Å². The van der Waals surface area contributed by atoms with Crippen molar-refractivity contribution in [3.63, 3.8) is 0 Å². The van der Waals surface area contributed by atoms with Gasteiger partial charge in [0.25, 0.3) is 5.91 Å². The van der Waals surface area contributed by atoms with Gasteiger partial charge in [0.05, 0.1) is 0 Å². The fourth-order valence-corrected chi connectivity index (χ4v) is 4.31. The van der Waals surface area contributed by atoms with Crippen LogP contribution in [0.1, 0.15) is 16.8 Å². The lowest BCUT2D eigenvalue weighted by Gasteiger charge is -2.23. The number of carbonyl (C=O) groups excluding carboxylic acids is 1. The highest BCUT2D eigenvalue weighted by Crippen LogP contribution is 2.26. The van der Waals surface area contributed by atoms with Crippen LogP contribution in [0.4, 0.5) is 11.4 Å². The summed E-state index contributed by atoms with van der Waals surface area (Å²) in [5, 5.41) is 0. The number of rotatable bonds is 5. The van der Waals surface area contributed by atoms with E-state index < -0.39 is 0 Å². The van der Waals surface area contributed by atoms with Gasteiger partial charge < -0.3 is 14.7 Å². The number of likely N-dealkylation sites (N-methyl/N-ethyl adjacent to an activating group) is 1. The van der Waals surface area contributed by atoms with E-state index in [-0.39, 0.29) is 5.91 Å². The third-order valence-electron chi connectivity index (χ3n) is 6.11. The summed E-state index contributed by atoms with van der Waals surface area (Å²) in [5.74, 6) is -0.0102. The van der Waals surface area contributed by atoms with E-state index in [1.54, 1.807) is 4.90 Å². The highest BCUT2D eigenvalue weighted by Gasteiger charge is 2.24. The zero-order chi connectivity index (χ0) is 22.0. The van der Waals surface area contributed by atoms with Gasteiger partial charge in [-0.2, -0.15) is 0 Å². The molecule has 31 heavy (non-hydrogen) atoms. The van der Waals surface area contributed by atoms with Gasteiger partial charge in [-0.3, -0.25) is 4.79 Å². The Bertz CT molecular complexity index is 1030. The van der Waals surface area contributed by atoms with Crippen LogP contribution in [0.3, 0.4) is 0 Å². The number of hydrogen-bond donors (Lipinski definition) is 0. The van der Waals surface area contributed by atoms with Crippen LogP contribution >= 0.6 is 15.9 Å². The molecule has 0 saturated carbocycles. The predicted molar refractivity (Wildman–Crippen MR) is 133 cm³/mol. The van der Waals surface area contributed by atoms with Crippen molar-refractivity contribution >= 4 is 33.2 Å². The van der Waals surface area contributed by atoms with Gasteiger partial charge in [0.15, 0.2) is 0 Å². The van der Waals surface area contributed by atoms with Gasteiger partial charge in [0.2, 0.25) is 0 Å². The maximum atomic E-state index is 13.0. The van der Waals surface area contributed by atoms with E-state index in [1.165, 1.54) is 12.1 Å². The first-order valence-corrected chi connectivity index (χ1v) is 11.4. The fourth-order valence-electron chi connectivity index (χ4n) is 4.04. The quantitative estimate of drug-likeness (QED) is 0.482. The van der Waals surface area contributed by atoms with Crippen LogP contribution in [0, 0.1) is 0 Å². The standard InChI is InChI=1S/C26H28BrN3O/c1-28(2)25-16-17-30(18-25)24-14-12-23(13-15-24)29(3)26(31)21-6-4-19(5-7-21)20-8-10-22(27)11-9-20/h4-15,25H,16-18H2,1-3H3. The molecule has 1 saturated heterocycles. The number of hydrogen-bond acceptors (Lipinski definition) is 3. The summed E-state index contributed by atoms with van der Waals surface area (Å²) in [6.07, 6.45) is 1.18. The van der Waals surface area contributed by atoms with Crippen molar-refractivity contribution in [1.82, 2.24) is 4.90 Å². The molecular weight excluding hydrogens is 450 g/mol. The van der Waals surface area contributed by atoms with Crippen molar-refractivity contribution in [2.24, 2.45) is 0 Å². The molecule has 4 rings (SSSR count). The van der Waals surface area contributed by atoms with E-state index in [0.717, 1.165) is 34.4 Å². The zero-order valence-electron chi connectivity index (χ0n) is 18.3. The highest BCUT2D eigenvalue weighted by molar-refractivity contribution is 9.10. The summed E-state index contributed by atoms with van der Waals surface area (Å²) >= 11 is 3.46. The molecule has 1 atom stereocenters. The third kappa shape index (κ3) is 4.83. The summed E-state index contributed by atoms with van der Waals surface area (Å²) in [6.45, 7) is 2.12. The summed E-state index contributed by atoms with van der Waals surface area (Å²) in [5.41, 5.74) is 5.02. The van der Waals surface area contributed by atoms with Crippen molar-refractivity contribution in [2.45, 2.75) is 12.5 Å². The molecule has 1 unspecified atom stereocenters. The second kappa shape index (κ2) is 9.25. The van der Waals surface area contributed by atoms with E-state index in [1.807, 2.05) is 55.6 Å². The van der Waals surface area contributed by atoms with Gasteiger partial charge in [0, 0.05) is 47.6 Å². The van der Waals surface area contributed by atoms with Gasteiger partial charge in [-0.25, -0.2) is 0 Å². The zero-order valence-corrected chi connectivity index (χ0v) is 19.8. The Morgan fingerprint density at radius 2 is 1.45 bits per heavy atom. The molecule has 0 aromatic heterocycles. The van der Waals surface area contributed by atoms with Crippen LogP contribution in [0.5, 0.6) is 0 Å². The van der Waals surface area contributed by atoms with Crippen molar-refractivity contribution in [3.05, 3.63) is 82.8 Å². The van der Waals surface area contributed by atoms with Crippen LogP contribution in [-0.2, 0) is 0 Å². The SMILES string of the molecule is CN(C(=O)c1ccc(-c2ccc(Br)cc2)cc1)c1ccc(N2CCC(N(C)C)C2)cc1. The number of nitrogens with zero attached hydrogens (tertiary/aromatic N) is 3. The van der Waals surface area contributed by atoms with Crippen molar-refractivity contribution in [2.75, 3.05) is 44.0 Å². The smallest absolute Gasteiger partial charge is 0.258 e. The van der Waals surface area contributed by atoms with E-state index in [0.29, 0.717) is 11.6 Å². The minimum absolute atomic E-state index is 0.0102. The lowest BCUT2D eigenvalue weighted by Crippen LogP contribution is -2.31. The lowest BCUT2D eigenvalue weighted by atomic mass is 10.0. The van der Waals surface area contributed by atoms with Crippen LogP contribution in [0.25, 0.3) is 11.1 Å². The highest BCUT2D eigenvalue weighted by atomic mass is 79.9. The minimum atomic E-state index is -0.0102. The average molecular weight is 478 g/mol.